The van der Waals surface area contributed by atoms with Crippen LogP contribution in [-0.4, -0.2) is 29.2 Å². The molecule has 2 aromatic rings. The van der Waals surface area contributed by atoms with Crippen LogP contribution in [0.3, 0.4) is 0 Å². The van der Waals surface area contributed by atoms with Gasteiger partial charge < -0.3 is 9.64 Å². The monoisotopic (exact) mass is 289 g/mol. The Bertz CT molecular complexity index is 499. The first kappa shape index (κ1) is 13.5. The second-order valence-corrected chi connectivity index (χ2v) is 5.81. The van der Waals surface area contributed by atoms with Crippen LogP contribution in [0.25, 0.3) is 0 Å². The van der Waals surface area contributed by atoms with E-state index in [2.05, 4.69) is 31.7 Å². The Kier molecular flexibility index (Phi) is 4.61. The predicted octanol–water partition coefficient (Wildman–Crippen LogP) is 3.11. The molecule has 1 fully saturated rings. The Labute approximate surface area is 123 Å². The lowest BCUT2D eigenvalue weighted by molar-refractivity contribution is 0.00611. The Morgan fingerprint density at radius 2 is 2.15 bits per heavy atom. The minimum Gasteiger partial charge on any atom is -0.376 e. The van der Waals surface area contributed by atoms with E-state index in [4.69, 9.17) is 4.74 Å². The lowest BCUT2D eigenvalue weighted by Gasteiger charge is -2.28. The number of aromatic nitrogens is 2. The fourth-order valence-corrected chi connectivity index (χ4v) is 2.83. The summed E-state index contributed by atoms with van der Waals surface area (Å²) in [4.78, 5) is 10.9. The number of thiophene rings is 1. The lowest BCUT2D eigenvalue weighted by Crippen LogP contribution is -2.31. The smallest absolute Gasteiger partial charge is 0.225 e. The van der Waals surface area contributed by atoms with Crippen LogP contribution in [0.5, 0.6) is 0 Å². The number of hydrogen-bond donors (Lipinski definition) is 0. The van der Waals surface area contributed by atoms with Gasteiger partial charge in [0.2, 0.25) is 5.95 Å². The molecule has 0 atom stereocenters. The topological polar surface area (TPSA) is 38.2 Å². The van der Waals surface area contributed by atoms with Crippen molar-refractivity contribution in [1.82, 2.24) is 9.97 Å². The molecule has 0 bridgehead atoms. The molecule has 2 aromatic heterocycles. The molecule has 0 aromatic carbocycles. The first-order valence-electron chi connectivity index (χ1n) is 7.06. The maximum Gasteiger partial charge on any atom is 0.225 e. The van der Waals surface area contributed by atoms with E-state index in [1.165, 1.54) is 24.8 Å². The zero-order chi connectivity index (χ0) is 13.6. The van der Waals surface area contributed by atoms with Gasteiger partial charge in [0.25, 0.3) is 0 Å². The highest BCUT2D eigenvalue weighted by Gasteiger charge is 2.18. The summed E-state index contributed by atoms with van der Waals surface area (Å²) in [6.07, 6.45) is 7.80. The highest BCUT2D eigenvalue weighted by molar-refractivity contribution is 7.07. The maximum absolute atomic E-state index is 5.85. The molecule has 1 aliphatic carbocycles. The molecule has 5 heteroatoms. The van der Waals surface area contributed by atoms with E-state index in [0.29, 0.717) is 6.10 Å². The van der Waals surface area contributed by atoms with Crippen LogP contribution in [-0.2, 0) is 11.3 Å². The van der Waals surface area contributed by atoms with Crippen LogP contribution >= 0.6 is 11.3 Å². The summed E-state index contributed by atoms with van der Waals surface area (Å²) in [5.74, 6) is 0.774. The summed E-state index contributed by atoms with van der Waals surface area (Å²) in [5.41, 5.74) is 1.30. The summed E-state index contributed by atoms with van der Waals surface area (Å²) >= 11 is 1.72. The van der Waals surface area contributed by atoms with E-state index in [9.17, 15) is 0 Å². The minimum absolute atomic E-state index is 0.481. The average molecular weight is 289 g/mol. The van der Waals surface area contributed by atoms with E-state index < -0.39 is 0 Å². The summed E-state index contributed by atoms with van der Waals surface area (Å²) < 4.78 is 5.85. The van der Waals surface area contributed by atoms with Gasteiger partial charge in [-0.2, -0.15) is 11.3 Å². The van der Waals surface area contributed by atoms with Crippen molar-refractivity contribution in [2.45, 2.75) is 31.9 Å². The van der Waals surface area contributed by atoms with Crippen LogP contribution < -0.4 is 4.90 Å². The average Bonchev–Trinajstić information content (AvgIpc) is 2.94. The first-order valence-corrected chi connectivity index (χ1v) is 8.01. The Hall–Kier alpha value is -1.46. The highest BCUT2D eigenvalue weighted by Crippen LogP contribution is 2.22. The quantitative estimate of drug-likeness (QED) is 0.785. The van der Waals surface area contributed by atoms with Crippen LogP contribution in [0.4, 0.5) is 5.95 Å². The van der Waals surface area contributed by atoms with Gasteiger partial charge in [-0.05, 0) is 47.7 Å². The molecule has 20 heavy (non-hydrogen) atoms. The molecule has 0 radical (unpaired) electrons. The van der Waals surface area contributed by atoms with E-state index in [-0.39, 0.29) is 0 Å². The molecule has 4 nitrogen and oxygen atoms in total. The summed E-state index contributed by atoms with van der Waals surface area (Å²) in [7, 11) is 0. The van der Waals surface area contributed by atoms with Crippen molar-refractivity contribution in [3.8, 4) is 0 Å². The van der Waals surface area contributed by atoms with Gasteiger partial charge in [0.15, 0.2) is 0 Å². The van der Waals surface area contributed by atoms with Gasteiger partial charge in [-0.15, -0.1) is 0 Å². The number of nitrogens with zero attached hydrogens (tertiary/aromatic N) is 3. The van der Waals surface area contributed by atoms with Crippen molar-refractivity contribution in [3.63, 3.8) is 0 Å². The Morgan fingerprint density at radius 3 is 2.80 bits per heavy atom. The van der Waals surface area contributed by atoms with Gasteiger partial charge in [0.1, 0.15) is 0 Å². The summed E-state index contributed by atoms with van der Waals surface area (Å²) in [5, 5.41) is 4.27. The second kappa shape index (κ2) is 6.81. The third-order valence-electron chi connectivity index (χ3n) is 3.56. The Balaban J connectivity index is 1.60. The summed E-state index contributed by atoms with van der Waals surface area (Å²) in [6, 6.07) is 3.99. The molecule has 2 heterocycles. The van der Waals surface area contributed by atoms with Crippen molar-refractivity contribution in [2.75, 3.05) is 18.1 Å². The number of ether oxygens (including phenoxy) is 1. The SMILES string of the molecule is c1cnc(N(CCOC2CCC2)Cc2ccsc2)nc1. The fraction of sp³-hybridized carbons (Fsp3) is 0.467. The van der Waals surface area contributed by atoms with Crippen molar-refractivity contribution < 1.29 is 4.74 Å². The van der Waals surface area contributed by atoms with Gasteiger partial charge in [-0.25, -0.2) is 9.97 Å². The molecule has 106 valence electrons. The van der Waals surface area contributed by atoms with Gasteiger partial charge >= 0.3 is 0 Å². The molecular weight excluding hydrogens is 270 g/mol. The molecule has 0 amide bonds. The van der Waals surface area contributed by atoms with Gasteiger partial charge in [-0.3, -0.25) is 0 Å². The third kappa shape index (κ3) is 3.55. The highest BCUT2D eigenvalue weighted by atomic mass is 32.1. The lowest BCUT2D eigenvalue weighted by atomic mass is 9.96. The van der Waals surface area contributed by atoms with Gasteiger partial charge in [-0.1, -0.05) is 0 Å². The molecular formula is C15H19N3OS. The molecule has 0 saturated heterocycles. The maximum atomic E-state index is 5.85. The van der Waals surface area contributed by atoms with E-state index in [0.717, 1.165) is 25.6 Å². The fourth-order valence-electron chi connectivity index (χ4n) is 2.17. The van der Waals surface area contributed by atoms with E-state index >= 15 is 0 Å². The second-order valence-electron chi connectivity index (χ2n) is 5.03. The zero-order valence-electron chi connectivity index (χ0n) is 11.4. The number of rotatable bonds is 7. The standard InChI is InChI=1S/C15H19N3OS/c1-3-14(4-1)19-9-8-18(11-13-5-10-20-12-13)15-16-6-2-7-17-15/h2,5-7,10,12,14H,1,3-4,8-9,11H2. The first-order chi connectivity index (χ1) is 9.92. The van der Waals surface area contributed by atoms with Crippen molar-refractivity contribution in [3.05, 3.63) is 40.8 Å². The third-order valence-corrected chi connectivity index (χ3v) is 4.29. The molecule has 0 N–H and O–H groups in total. The predicted molar refractivity (Wildman–Crippen MR) is 81.0 cm³/mol. The normalized spacial score (nSPS) is 15.0. The van der Waals surface area contributed by atoms with Crippen LogP contribution in [0.15, 0.2) is 35.3 Å². The number of anilines is 1. The number of hydrogen-bond acceptors (Lipinski definition) is 5. The van der Waals surface area contributed by atoms with Crippen LogP contribution in [0.1, 0.15) is 24.8 Å². The van der Waals surface area contributed by atoms with Gasteiger partial charge in [0, 0.05) is 25.5 Å². The molecule has 0 spiro atoms. The Morgan fingerprint density at radius 1 is 1.30 bits per heavy atom. The molecule has 0 unspecified atom stereocenters. The summed E-state index contributed by atoms with van der Waals surface area (Å²) in [6.45, 7) is 2.41. The van der Waals surface area contributed by atoms with Crippen molar-refractivity contribution >= 4 is 17.3 Å². The molecule has 1 saturated carbocycles. The van der Waals surface area contributed by atoms with Gasteiger partial charge in [0.05, 0.1) is 12.7 Å². The molecule has 1 aliphatic rings. The largest absolute Gasteiger partial charge is 0.376 e. The van der Waals surface area contributed by atoms with E-state index in [1.807, 2.05) is 6.07 Å². The van der Waals surface area contributed by atoms with Crippen LogP contribution in [0.2, 0.25) is 0 Å². The molecule has 0 aliphatic heterocycles. The minimum atomic E-state index is 0.481. The molecule has 3 rings (SSSR count). The van der Waals surface area contributed by atoms with Crippen LogP contribution in [0, 0.1) is 0 Å². The van der Waals surface area contributed by atoms with Crippen molar-refractivity contribution in [1.29, 1.82) is 0 Å². The zero-order valence-corrected chi connectivity index (χ0v) is 12.3. The van der Waals surface area contributed by atoms with E-state index in [1.54, 1.807) is 23.7 Å². The van der Waals surface area contributed by atoms with Crippen molar-refractivity contribution in [2.24, 2.45) is 0 Å².